The molecule has 0 aliphatic heterocycles. The van der Waals surface area contributed by atoms with Gasteiger partial charge in [-0.3, -0.25) is 4.79 Å². The lowest BCUT2D eigenvalue weighted by atomic mass is 10.2. The lowest BCUT2D eigenvalue weighted by molar-refractivity contribution is 0.0499. The van der Waals surface area contributed by atoms with E-state index in [4.69, 9.17) is 16.3 Å². The van der Waals surface area contributed by atoms with E-state index >= 15 is 0 Å². The Hall–Kier alpha value is -3.12. The number of rotatable bonds is 7. The first kappa shape index (κ1) is 19.6. The van der Waals surface area contributed by atoms with Gasteiger partial charge in [-0.2, -0.15) is 5.10 Å². The van der Waals surface area contributed by atoms with Gasteiger partial charge in [0, 0.05) is 16.9 Å². The van der Waals surface area contributed by atoms with Crippen LogP contribution in [0.4, 0.5) is 5.69 Å². The number of carbonyl (C=O) groups is 2. The minimum atomic E-state index is -0.365. The standard InChI is InChI=1S/C21H20ClN3O3/c1-2-3-12-28-21(27)15-4-8-18(9-5-15)24-20(26)16-13-23-25(14-16)19-10-6-17(22)7-11-19/h4-11,13-14H,2-3,12H2,1H3,(H,24,26). The summed E-state index contributed by atoms with van der Waals surface area (Å²) in [6, 6.07) is 13.7. The molecular formula is C21H20ClN3O3. The van der Waals surface area contributed by atoms with E-state index < -0.39 is 0 Å². The molecule has 0 saturated heterocycles. The second-order valence-electron chi connectivity index (χ2n) is 6.17. The van der Waals surface area contributed by atoms with Gasteiger partial charge >= 0.3 is 5.97 Å². The van der Waals surface area contributed by atoms with Gasteiger partial charge in [0.2, 0.25) is 0 Å². The summed E-state index contributed by atoms with van der Waals surface area (Å²) in [5.41, 5.74) is 2.24. The number of nitrogens with one attached hydrogen (secondary N) is 1. The van der Waals surface area contributed by atoms with E-state index in [1.165, 1.54) is 6.20 Å². The van der Waals surface area contributed by atoms with Gasteiger partial charge in [0.1, 0.15) is 0 Å². The Kier molecular flexibility index (Phi) is 6.45. The molecule has 144 valence electrons. The van der Waals surface area contributed by atoms with E-state index in [-0.39, 0.29) is 11.9 Å². The monoisotopic (exact) mass is 397 g/mol. The molecule has 0 radical (unpaired) electrons. The van der Waals surface area contributed by atoms with Crippen LogP contribution in [0.25, 0.3) is 5.69 Å². The van der Waals surface area contributed by atoms with Gasteiger partial charge in [-0.15, -0.1) is 0 Å². The lowest BCUT2D eigenvalue weighted by Gasteiger charge is -2.06. The van der Waals surface area contributed by atoms with Gasteiger partial charge in [0.15, 0.2) is 0 Å². The maximum atomic E-state index is 12.4. The quantitative estimate of drug-likeness (QED) is 0.462. The molecule has 3 rings (SSSR count). The number of hydrogen-bond acceptors (Lipinski definition) is 4. The number of ether oxygens (including phenoxy) is 1. The molecule has 3 aromatic rings. The highest BCUT2D eigenvalue weighted by atomic mass is 35.5. The van der Waals surface area contributed by atoms with Gasteiger partial charge in [0.05, 0.1) is 29.6 Å². The molecule has 0 atom stereocenters. The van der Waals surface area contributed by atoms with Crippen LogP contribution in [-0.2, 0) is 4.74 Å². The van der Waals surface area contributed by atoms with E-state index in [0.717, 1.165) is 18.5 Å². The van der Waals surface area contributed by atoms with Crippen molar-refractivity contribution in [3.05, 3.63) is 77.1 Å². The van der Waals surface area contributed by atoms with Crippen LogP contribution in [0.15, 0.2) is 60.9 Å². The van der Waals surface area contributed by atoms with Crippen LogP contribution >= 0.6 is 11.6 Å². The molecule has 7 heteroatoms. The van der Waals surface area contributed by atoms with Crippen molar-refractivity contribution in [3.8, 4) is 5.69 Å². The molecule has 1 aromatic heterocycles. The van der Waals surface area contributed by atoms with Crippen LogP contribution < -0.4 is 5.32 Å². The zero-order valence-corrected chi connectivity index (χ0v) is 16.1. The van der Waals surface area contributed by atoms with Crippen molar-refractivity contribution in [2.24, 2.45) is 0 Å². The van der Waals surface area contributed by atoms with Crippen LogP contribution in [0.2, 0.25) is 5.02 Å². The summed E-state index contributed by atoms with van der Waals surface area (Å²) in [5, 5.41) is 7.62. The zero-order valence-electron chi connectivity index (χ0n) is 15.4. The van der Waals surface area contributed by atoms with E-state index in [0.29, 0.717) is 28.4 Å². The third kappa shape index (κ3) is 4.98. The fraction of sp³-hybridized carbons (Fsp3) is 0.190. The Morgan fingerprint density at radius 3 is 2.46 bits per heavy atom. The van der Waals surface area contributed by atoms with E-state index in [1.54, 1.807) is 47.3 Å². The van der Waals surface area contributed by atoms with E-state index in [9.17, 15) is 9.59 Å². The smallest absolute Gasteiger partial charge is 0.338 e. The summed E-state index contributed by atoms with van der Waals surface area (Å²) in [4.78, 5) is 24.3. The molecule has 1 amide bonds. The highest BCUT2D eigenvalue weighted by molar-refractivity contribution is 6.30. The molecule has 1 heterocycles. The molecule has 0 unspecified atom stereocenters. The van der Waals surface area contributed by atoms with Crippen molar-refractivity contribution in [2.75, 3.05) is 11.9 Å². The summed E-state index contributed by atoms with van der Waals surface area (Å²) in [6.45, 7) is 2.44. The number of benzene rings is 2. The summed E-state index contributed by atoms with van der Waals surface area (Å²) >= 11 is 5.88. The number of amides is 1. The SMILES string of the molecule is CCCCOC(=O)c1ccc(NC(=O)c2cnn(-c3ccc(Cl)cc3)c2)cc1. The number of hydrogen-bond donors (Lipinski definition) is 1. The summed E-state index contributed by atoms with van der Waals surface area (Å²) in [6.07, 6.45) is 4.93. The van der Waals surface area contributed by atoms with Crippen LogP contribution in [0.1, 0.15) is 40.5 Å². The number of nitrogens with zero attached hydrogens (tertiary/aromatic N) is 2. The third-order valence-corrected chi connectivity index (χ3v) is 4.30. The average molecular weight is 398 g/mol. The number of carbonyl (C=O) groups excluding carboxylic acids is 2. The average Bonchev–Trinajstić information content (AvgIpc) is 3.19. The highest BCUT2D eigenvalue weighted by Crippen LogP contribution is 2.15. The van der Waals surface area contributed by atoms with Gasteiger partial charge in [-0.1, -0.05) is 24.9 Å². The molecule has 2 aromatic carbocycles. The van der Waals surface area contributed by atoms with Crippen molar-refractivity contribution in [2.45, 2.75) is 19.8 Å². The van der Waals surface area contributed by atoms with Crippen LogP contribution in [-0.4, -0.2) is 28.3 Å². The topological polar surface area (TPSA) is 73.2 Å². The Morgan fingerprint density at radius 2 is 1.79 bits per heavy atom. The molecule has 0 aliphatic rings. The van der Waals surface area contributed by atoms with Crippen LogP contribution in [0.5, 0.6) is 0 Å². The molecule has 1 N–H and O–H groups in total. The Bertz CT molecular complexity index is 950. The van der Waals surface area contributed by atoms with E-state index in [2.05, 4.69) is 10.4 Å². The third-order valence-electron chi connectivity index (χ3n) is 4.05. The number of anilines is 1. The molecule has 0 spiro atoms. The zero-order chi connectivity index (χ0) is 19.9. The van der Waals surface area contributed by atoms with Gasteiger partial charge < -0.3 is 10.1 Å². The fourth-order valence-corrected chi connectivity index (χ4v) is 2.59. The van der Waals surface area contributed by atoms with Crippen LogP contribution in [0, 0.1) is 0 Å². The number of aromatic nitrogens is 2. The first-order valence-electron chi connectivity index (χ1n) is 8.96. The largest absolute Gasteiger partial charge is 0.462 e. The molecular weight excluding hydrogens is 378 g/mol. The molecule has 0 saturated carbocycles. The minimum Gasteiger partial charge on any atom is -0.462 e. The molecule has 6 nitrogen and oxygen atoms in total. The molecule has 0 bridgehead atoms. The maximum absolute atomic E-state index is 12.4. The van der Waals surface area contributed by atoms with Crippen LogP contribution in [0.3, 0.4) is 0 Å². The summed E-state index contributed by atoms with van der Waals surface area (Å²) in [7, 11) is 0. The van der Waals surface area contributed by atoms with Crippen molar-refractivity contribution in [1.29, 1.82) is 0 Å². The van der Waals surface area contributed by atoms with E-state index in [1.807, 2.05) is 19.1 Å². The normalized spacial score (nSPS) is 10.5. The second-order valence-corrected chi connectivity index (χ2v) is 6.61. The Balaban J connectivity index is 1.62. The number of halogens is 1. The predicted octanol–water partition coefficient (Wildman–Crippen LogP) is 4.73. The minimum absolute atomic E-state index is 0.293. The van der Waals surface area contributed by atoms with Crippen molar-refractivity contribution < 1.29 is 14.3 Å². The van der Waals surface area contributed by atoms with Gasteiger partial charge in [-0.25, -0.2) is 9.48 Å². The predicted molar refractivity (Wildman–Crippen MR) is 108 cm³/mol. The Labute approximate surface area is 168 Å². The number of unbranched alkanes of at least 4 members (excludes halogenated alkanes) is 1. The van der Waals surface area contributed by atoms with Crippen molar-refractivity contribution in [1.82, 2.24) is 9.78 Å². The molecule has 0 aliphatic carbocycles. The van der Waals surface area contributed by atoms with Crippen molar-refractivity contribution in [3.63, 3.8) is 0 Å². The number of esters is 1. The lowest BCUT2D eigenvalue weighted by Crippen LogP contribution is -2.11. The van der Waals surface area contributed by atoms with Crippen molar-refractivity contribution >= 4 is 29.2 Å². The van der Waals surface area contributed by atoms with Gasteiger partial charge in [-0.05, 0) is 55.0 Å². The highest BCUT2D eigenvalue weighted by Gasteiger charge is 2.11. The first-order chi connectivity index (χ1) is 13.6. The second kappa shape index (κ2) is 9.19. The maximum Gasteiger partial charge on any atom is 0.338 e. The summed E-state index contributed by atoms with van der Waals surface area (Å²) < 4.78 is 6.76. The molecule has 28 heavy (non-hydrogen) atoms. The molecule has 0 fully saturated rings. The summed E-state index contributed by atoms with van der Waals surface area (Å²) in [5.74, 6) is -0.658. The van der Waals surface area contributed by atoms with Gasteiger partial charge in [0.25, 0.3) is 5.91 Å². The first-order valence-corrected chi connectivity index (χ1v) is 9.34. The fourth-order valence-electron chi connectivity index (χ4n) is 2.46. The Morgan fingerprint density at radius 1 is 1.07 bits per heavy atom.